The third kappa shape index (κ3) is 4.18. The van der Waals surface area contributed by atoms with Crippen molar-refractivity contribution < 1.29 is 14.7 Å². The highest BCUT2D eigenvalue weighted by atomic mass is 16.4. The molecule has 7 nitrogen and oxygen atoms in total. The molecule has 7 heteroatoms. The molecule has 2 heterocycles. The van der Waals surface area contributed by atoms with Gasteiger partial charge in [-0.2, -0.15) is 0 Å². The molecular formula is C13H18N4O3. The molecule has 2 rings (SSSR count). The number of hydrogen-bond acceptors (Lipinski definition) is 4. The zero-order valence-corrected chi connectivity index (χ0v) is 11.2. The van der Waals surface area contributed by atoms with Crippen molar-refractivity contribution >= 4 is 12.0 Å². The van der Waals surface area contributed by atoms with Crippen LogP contribution in [-0.4, -0.2) is 45.1 Å². The van der Waals surface area contributed by atoms with Crippen molar-refractivity contribution in [2.45, 2.75) is 25.8 Å². The van der Waals surface area contributed by atoms with Gasteiger partial charge in [0.05, 0.1) is 12.2 Å². The van der Waals surface area contributed by atoms with Gasteiger partial charge in [-0.3, -0.25) is 4.79 Å². The number of urea groups is 1. The van der Waals surface area contributed by atoms with E-state index in [4.69, 9.17) is 5.11 Å². The molecule has 1 fully saturated rings. The molecule has 1 aliphatic rings. The Bertz CT molecular complexity index is 466. The van der Waals surface area contributed by atoms with Crippen molar-refractivity contribution in [1.82, 2.24) is 20.2 Å². The zero-order chi connectivity index (χ0) is 14.4. The highest BCUT2D eigenvalue weighted by Gasteiger charge is 2.25. The second kappa shape index (κ2) is 6.83. The lowest BCUT2D eigenvalue weighted by molar-refractivity contribution is -0.138. The summed E-state index contributed by atoms with van der Waals surface area (Å²) in [5.74, 6) is -0.760. The number of piperidine rings is 1. The Morgan fingerprint density at radius 3 is 3.05 bits per heavy atom. The van der Waals surface area contributed by atoms with Gasteiger partial charge < -0.3 is 15.3 Å². The van der Waals surface area contributed by atoms with Gasteiger partial charge in [-0.15, -0.1) is 0 Å². The first-order valence-corrected chi connectivity index (χ1v) is 6.64. The molecular weight excluding hydrogens is 260 g/mol. The second-order valence-corrected chi connectivity index (χ2v) is 4.91. The van der Waals surface area contributed by atoms with Crippen molar-refractivity contribution in [3.63, 3.8) is 0 Å². The third-order valence-corrected chi connectivity index (χ3v) is 3.33. The van der Waals surface area contributed by atoms with E-state index < -0.39 is 5.97 Å². The maximum Gasteiger partial charge on any atom is 0.317 e. The van der Waals surface area contributed by atoms with E-state index in [0.29, 0.717) is 19.6 Å². The number of nitrogens with one attached hydrogen (secondary N) is 1. The molecule has 0 aliphatic carbocycles. The summed E-state index contributed by atoms with van der Waals surface area (Å²) in [5.41, 5.74) is 0.743. The topological polar surface area (TPSA) is 95.4 Å². The number of likely N-dealkylation sites (tertiary alicyclic amines) is 1. The van der Waals surface area contributed by atoms with E-state index in [0.717, 1.165) is 18.5 Å². The molecule has 1 atom stereocenters. The van der Waals surface area contributed by atoms with Crippen LogP contribution in [0.2, 0.25) is 0 Å². The van der Waals surface area contributed by atoms with Crippen LogP contribution in [0.4, 0.5) is 4.79 Å². The van der Waals surface area contributed by atoms with Crippen LogP contribution < -0.4 is 5.32 Å². The lowest BCUT2D eigenvalue weighted by Crippen LogP contribution is -2.45. The van der Waals surface area contributed by atoms with E-state index in [1.807, 2.05) is 0 Å². The summed E-state index contributed by atoms with van der Waals surface area (Å²) in [4.78, 5) is 32.3. The molecule has 1 aromatic rings. The van der Waals surface area contributed by atoms with Crippen LogP contribution in [0.3, 0.4) is 0 Å². The van der Waals surface area contributed by atoms with Crippen LogP contribution in [0.1, 0.15) is 25.0 Å². The van der Waals surface area contributed by atoms with Gasteiger partial charge in [0.1, 0.15) is 6.33 Å². The van der Waals surface area contributed by atoms with Gasteiger partial charge in [0, 0.05) is 25.7 Å². The predicted octanol–water partition coefficient (Wildman–Crippen LogP) is 0.873. The number of nitrogens with zero attached hydrogens (tertiary/aromatic N) is 3. The number of carbonyl (C=O) groups is 2. The van der Waals surface area contributed by atoms with E-state index in [9.17, 15) is 9.59 Å². The van der Waals surface area contributed by atoms with Crippen LogP contribution in [0.25, 0.3) is 0 Å². The molecule has 20 heavy (non-hydrogen) atoms. The summed E-state index contributed by atoms with van der Waals surface area (Å²) in [5, 5.41) is 11.6. The first-order valence-electron chi connectivity index (χ1n) is 6.64. The minimum Gasteiger partial charge on any atom is -0.481 e. The summed E-state index contributed by atoms with van der Waals surface area (Å²) in [6, 6.07) is 1.57. The quantitative estimate of drug-likeness (QED) is 0.852. The minimum absolute atomic E-state index is 0.0473. The number of amides is 2. The van der Waals surface area contributed by atoms with Gasteiger partial charge in [0.15, 0.2) is 0 Å². The second-order valence-electron chi connectivity index (χ2n) is 4.91. The van der Waals surface area contributed by atoms with Crippen molar-refractivity contribution in [3.8, 4) is 0 Å². The van der Waals surface area contributed by atoms with Crippen molar-refractivity contribution in [3.05, 3.63) is 24.3 Å². The van der Waals surface area contributed by atoms with Crippen LogP contribution >= 0.6 is 0 Å². The third-order valence-electron chi connectivity index (χ3n) is 3.33. The maximum absolute atomic E-state index is 12.0. The number of carbonyl (C=O) groups excluding carboxylic acids is 1. The first-order chi connectivity index (χ1) is 9.65. The fourth-order valence-electron chi connectivity index (χ4n) is 2.36. The number of hydrogen-bond donors (Lipinski definition) is 2. The largest absolute Gasteiger partial charge is 0.481 e. The van der Waals surface area contributed by atoms with E-state index in [1.54, 1.807) is 17.2 Å². The van der Waals surface area contributed by atoms with E-state index >= 15 is 0 Å². The number of carboxylic acid groups (broad SMARTS) is 1. The Morgan fingerprint density at radius 1 is 1.50 bits per heavy atom. The summed E-state index contributed by atoms with van der Waals surface area (Å²) >= 11 is 0. The van der Waals surface area contributed by atoms with Gasteiger partial charge >= 0.3 is 12.0 Å². The van der Waals surface area contributed by atoms with E-state index in [-0.39, 0.29) is 18.4 Å². The first kappa shape index (κ1) is 14.2. The molecule has 1 aliphatic heterocycles. The summed E-state index contributed by atoms with van der Waals surface area (Å²) in [7, 11) is 0. The smallest absolute Gasteiger partial charge is 0.317 e. The normalized spacial score (nSPS) is 18.6. The highest BCUT2D eigenvalue weighted by Crippen LogP contribution is 2.19. The Hall–Kier alpha value is -2.18. The predicted molar refractivity (Wildman–Crippen MR) is 70.8 cm³/mol. The molecule has 0 radical (unpaired) electrons. The lowest BCUT2D eigenvalue weighted by atomic mass is 9.95. The van der Waals surface area contributed by atoms with Gasteiger partial charge in [-0.1, -0.05) is 0 Å². The van der Waals surface area contributed by atoms with Crippen molar-refractivity contribution in [2.75, 3.05) is 13.1 Å². The number of carboxylic acids is 1. The molecule has 1 aromatic heterocycles. The average Bonchev–Trinajstić information content (AvgIpc) is 2.45. The highest BCUT2D eigenvalue weighted by molar-refractivity contribution is 5.74. The molecule has 0 spiro atoms. The zero-order valence-electron chi connectivity index (χ0n) is 11.2. The SMILES string of the molecule is O=C(O)CC1CCCN(C(=O)NCc2ccncn2)C1. The Kier molecular flexibility index (Phi) is 4.86. The number of aliphatic carboxylic acids is 1. The molecule has 0 saturated carbocycles. The molecule has 1 saturated heterocycles. The summed E-state index contributed by atoms with van der Waals surface area (Å²) in [6.07, 6.45) is 4.89. The molecule has 0 bridgehead atoms. The molecule has 2 N–H and O–H groups in total. The standard InChI is InChI=1S/C13H18N4O3/c18-12(19)6-10-2-1-5-17(8-10)13(20)15-7-11-3-4-14-9-16-11/h3-4,9-10H,1-2,5-8H2,(H,15,20)(H,18,19). The van der Waals surface area contributed by atoms with E-state index in [1.165, 1.54) is 6.33 Å². The number of rotatable bonds is 4. The summed E-state index contributed by atoms with van der Waals surface area (Å²) < 4.78 is 0. The van der Waals surface area contributed by atoms with Crippen molar-refractivity contribution in [2.24, 2.45) is 5.92 Å². The molecule has 0 aromatic carbocycles. The fraction of sp³-hybridized carbons (Fsp3) is 0.538. The van der Waals surface area contributed by atoms with Crippen LogP contribution in [0.15, 0.2) is 18.6 Å². The Balaban J connectivity index is 1.81. The van der Waals surface area contributed by atoms with Crippen LogP contribution in [0.5, 0.6) is 0 Å². The van der Waals surface area contributed by atoms with Crippen molar-refractivity contribution in [1.29, 1.82) is 0 Å². The van der Waals surface area contributed by atoms with Gasteiger partial charge in [0.25, 0.3) is 0 Å². The maximum atomic E-state index is 12.0. The summed E-state index contributed by atoms with van der Waals surface area (Å²) in [6.45, 7) is 1.52. The van der Waals surface area contributed by atoms with Gasteiger partial charge in [0.2, 0.25) is 0 Å². The van der Waals surface area contributed by atoms with Gasteiger partial charge in [-0.25, -0.2) is 14.8 Å². The molecule has 2 amide bonds. The molecule has 108 valence electrons. The Morgan fingerprint density at radius 2 is 2.35 bits per heavy atom. The van der Waals surface area contributed by atoms with Crippen LogP contribution in [-0.2, 0) is 11.3 Å². The lowest BCUT2D eigenvalue weighted by Gasteiger charge is -2.32. The minimum atomic E-state index is -0.807. The molecule has 1 unspecified atom stereocenters. The monoisotopic (exact) mass is 278 g/mol. The van der Waals surface area contributed by atoms with Crippen LogP contribution in [0, 0.1) is 5.92 Å². The number of aromatic nitrogens is 2. The average molecular weight is 278 g/mol. The fourth-order valence-corrected chi connectivity index (χ4v) is 2.36. The van der Waals surface area contributed by atoms with E-state index in [2.05, 4.69) is 15.3 Å². The Labute approximate surface area is 117 Å². The van der Waals surface area contributed by atoms with Gasteiger partial charge in [-0.05, 0) is 24.8 Å².